The van der Waals surface area contributed by atoms with Crippen molar-refractivity contribution >= 4 is 17.5 Å². The molecule has 1 aliphatic carbocycles. The first kappa shape index (κ1) is 25.7. The average Bonchev–Trinajstić information content (AvgIpc) is 3.42. The van der Waals surface area contributed by atoms with Crippen molar-refractivity contribution in [1.29, 1.82) is 0 Å². The minimum Gasteiger partial charge on any atom is -0.497 e. The number of methoxy groups -OCH3 is 4. The highest BCUT2D eigenvalue weighted by atomic mass is 16.5. The van der Waals surface area contributed by atoms with E-state index >= 15 is 0 Å². The highest BCUT2D eigenvalue weighted by Gasteiger charge is 2.34. The summed E-state index contributed by atoms with van der Waals surface area (Å²) >= 11 is 0. The van der Waals surface area contributed by atoms with Crippen molar-refractivity contribution < 1.29 is 28.5 Å². The molecule has 0 bridgehead atoms. The Balaban J connectivity index is 1.68. The Bertz CT molecular complexity index is 1100. The summed E-state index contributed by atoms with van der Waals surface area (Å²) in [6.07, 6.45) is 6.68. The Kier molecular flexibility index (Phi) is 8.23. The van der Waals surface area contributed by atoms with Crippen LogP contribution in [0.4, 0.5) is 5.69 Å². The summed E-state index contributed by atoms with van der Waals surface area (Å²) in [6, 6.07) is 8.86. The van der Waals surface area contributed by atoms with Gasteiger partial charge in [0.05, 0.1) is 45.7 Å². The number of nitrogens with one attached hydrogen (secondary N) is 1. The van der Waals surface area contributed by atoms with Crippen LogP contribution in [0.15, 0.2) is 30.3 Å². The standard InChI is InChI=1S/C28H36N2O6/c1-33-19-12-13-20(24(15-19)34-2)23-11-8-14-30(23)28(32)21-16-25(35-3)26(36-4)17-22(21)29-27(31)18-9-6-5-7-10-18/h12-13,15-18,23H,5-11,14H2,1-4H3,(H,29,31)/t23-/m0/s1. The van der Waals surface area contributed by atoms with Crippen molar-refractivity contribution in [3.8, 4) is 23.0 Å². The molecule has 0 unspecified atom stereocenters. The summed E-state index contributed by atoms with van der Waals surface area (Å²) < 4.78 is 21.9. The zero-order chi connectivity index (χ0) is 25.7. The quantitative estimate of drug-likeness (QED) is 0.540. The van der Waals surface area contributed by atoms with E-state index in [1.54, 1.807) is 33.5 Å². The normalized spacial score (nSPS) is 18.0. The van der Waals surface area contributed by atoms with E-state index in [1.165, 1.54) is 7.11 Å². The number of benzene rings is 2. The molecule has 8 heteroatoms. The zero-order valence-electron chi connectivity index (χ0n) is 21.6. The number of likely N-dealkylation sites (tertiary alicyclic amines) is 1. The van der Waals surface area contributed by atoms with Crippen molar-refractivity contribution in [2.45, 2.75) is 51.0 Å². The molecular weight excluding hydrogens is 460 g/mol. The number of anilines is 1. The Hall–Kier alpha value is -3.42. The fourth-order valence-electron chi connectivity index (χ4n) is 5.34. The van der Waals surface area contributed by atoms with Gasteiger partial charge in [-0.2, -0.15) is 0 Å². The van der Waals surface area contributed by atoms with Crippen LogP contribution in [0.2, 0.25) is 0 Å². The van der Waals surface area contributed by atoms with Crippen LogP contribution in [0.5, 0.6) is 23.0 Å². The SMILES string of the molecule is COc1ccc([C@@H]2CCCN2C(=O)c2cc(OC)c(OC)cc2NC(=O)C2CCCCC2)c(OC)c1. The highest BCUT2D eigenvalue weighted by Crippen LogP contribution is 2.41. The van der Waals surface area contributed by atoms with Gasteiger partial charge in [0.2, 0.25) is 5.91 Å². The lowest BCUT2D eigenvalue weighted by molar-refractivity contribution is -0.120. The Morgan fingerprint density at radius 1 is 0.806 bits per heavy atom. The summed E-state index contributed by atoms with van der Waals surface area (Å²) in [5, 5.41) is 3.04. The largest absolute Gasteiger partial charge is 0.497 e. The molecule has 0 spiro atoms. The molecular formula is C28H36N2O6. The van der Waals surface area contributed by atoms with E-state index in [4.69, 9.17) is 18.9 Å². The van der Waals surface area contributed by atoms with E-state index in [0.717, 1.165) is 50.5 Å². The molecule has 1 saturated heterocycles. The fourth-order valence-corrected chi connectivity index (χ4v) is 5.34. The molecule has 0 aromatic heterocycles. The number of hydrogen-bond acceptors (Lipinski definition) is 6. The van der Waals surface area contributed by atoms with Gasteiger partial charge >= 0.3 is 0 Å². The number of nitrogens with zero attached hydrogens (tertiary/aromatic N) is 1. The van der Waals surface area contributed by atoms with E-state index < -0.39 is 0 Å². The summed E-state index contributed by atoms with van der Waals surface area (Å²) in [5.41, 5.74) is 1.76. The molecule has 2 aromatic carbocycles. The maximum absolute atomic E-state index is 14.0. The first-order valence-electron chi connectivity index (χ1n) is 12.6. The third-order valence-electron chi connectivity index (χ3n) is 7.30. The monoisotopic (exact) mass is 496 g/mol. The predicted octanol–water partition coefficient (Wildman–Crippen LogP) is 5.22. The molecule has 2 amide bonds. The Morgan fingerprint density at radius 3 is 2.17 bits per heavy atom. The number of hydrogen-bond donors (Lipinski definition) is 1. The molecule has 2 aliphatic rings. The molecule has 1 atom stereocenters. The minimum atomic E-state index is -0.171. The molecule has 1 N–H and O–H groups in total. The fraction of sp³-hybridized carbons (Fsp3) is 0.500. The second-order valence-corrected chi connectivity index (χ2v) is 9.34. The molecule has 0 radical (unpaired) electrons. The van der Waals surface area contributed by atoms with Crippen LogP contribution in [-0.4, -0.2) is 51.7 Å². The van der Waals surface area contributed by atoms with Crippen molar-refractivity contribution in [3.63, 3.8) is 0 Å². The van der Waals surface area contributed by atoms with Gasteiger partial charge in [0.25, 0.3) is 5.91 Å². The van der Waals surface area contributed by atoms with Crippen molar-refractivity contribution in [1.82, 2.24) is 4.90 Å². The highest BCUT2D eigenvalue weighted by molar-refractivity contribution is 6.05. The summed E-state index contributed by atoms with van der Waals surface area (Å²) in [5.74, 6) is 2.01. The third-order valence-corrected chi connectivity index (χ3v) is 7.30. The minimum absolute atomic E-state index is 0.0436. The second kappa shape index (κ2) is 11.5. The summed E-state index contributed by atoms with van der Waals surface area (Å²) in [4.78, 5) is 29.0. The van der Waals surface area contributed by atoms with Crippen LogP contribution in [0.1, 0.15) is 66.9 Å². The number of ether oxygens (including phenoxy) is 4. The van der Waals surface area contributed by atoms with Gasteiger partial charge < -0.3 is 29.2 Å². The van der Waals surface area contributed by atoms with Crippen molar-refractivity contribution in [3.05, 3.63) is 41.5 Å². The van der Waals surface area contributed by atoms with Gasteiger partial charge in [0.15, 0.2) is 11.5 Å². The summed E-state index contributed by atoms with van der Waals surface area (Å²) in [7, 11) is 6.30. The number of carbonyl (C=O) groups is 2. The molecule has 4 rings (SSSR count). The van der Waals surface area contributed by atoms with Gasteiger partial charge in [-0.05, 0) is 43.9 Å². The van der Waals surface area contributed by atoms with E-state index in [1.807, 2.05) is 23.1 Å². The first-order valence-corrected chi connectivity index (χ1v) is 12.6. The van der Waals surface area contributed by atoms with Gasteiger partial charge in [-0.25, -0.2) is 0 Å². The predicted molar refractivity (Wildman–Crippen MR) is 137 cm³/mol. The van der Waals surface area contributed by atoms with Gasteiger partial charge in [0.1, 0.15) is 11.5 Å². The van der Waals surface area contributed by atoms with Crippen LogP contribution in [0.3, 0.4) is 0 Å². The van der Waals surface area contributed by atoms with Crippen LogP contribution < -0.4 is 24.3 Å². The van der Waals surface area contributed by atoms with E-state index in [9.17, 15) is 9.59 Å². The lowest BCUT2D eigenvalue weighted by atomic mass is 9.88. The van der Waals surface area contributed by atoms with Gasteiger partial charge in [-0.1, -0.05) is 19.3 Å². The average molecular weight is 497 g/mol. The lowest BCUT2D eigenvalue weighted by Crippen LogP contribution is -2.32. The lowest BCUT2D eigenvalue weighted by Gasteiger charge is -2.28. The molecule has 194 valence electrons. The smallest absolute Gasteiger partial charge is 0.256 e. The van der Waals surface area contributed by atoms with Crippen LogP contribution in [0, 0.1) is 5.92 Å². The van der Waals surface area contributed by atoms with Gasteiger partial charge in [-0.3, -0.25) is 9.59 Å². The Morgan fingerprint density at radius 2 is 1.50 bits per heavy atom. The number of rotatable bonds is 8. The maximum atomic E-state index is 14.0. The first-order chi connectivity index (χ1) is 17.5. The molecule has 8 nitrogen and oxygen atoms in total. The number of carbonyl (C=O) groups excluding carboxylic acids is 2. The third kappa shape index (κ3) is 5.22. The van der Waals surface area contributed by atoms with Crippen LogP contribution >= 0.6 is 0 Å². The molecule has 2 aromatic rings. The zero-order valence-corrected chi connectivity index (χ0v) is 21.6. The van der Waals surface area contributed by atoms with Crippen molar-refractivity contribution in [2.75, 3.05) is 40.3 Å². The second-order valence-electron chi connectivity index (χ2n) is 9.34. The Labute approximate surface area is 212 Å². The van der Waals surface area contributed by atoms with Crippen LogP contribution in [0.25, 0.3) is 0 Å². The maximum Gasteiger partial charge on any atom is 0.256 e. The molecule has 36 heavy (non-hydrogen) atoms. The van der Waals surface area contributed by atoms with Gasteiger partial charge in [-0.15, -0.1) is 0 Å². The molecule has 1 aliphatic heterocycles. The molecule has 2 fully saturated rings. The number of amides is 2. The van der Waals surface area contributed by atoms with Gasteiger partial charge in [0, 0.05) is 30.2 Å². The van der Waals surface area contributed by atoms with E-state index in [-0.39, 0.29) is 23.8 Å². The molecule has 1 saturated carbocycles. The van der Waals surface area contributed by atoms with Crippen molar-refractivity contribution in [2.24, 2.45) is 5.92 Å². The topological polar surface area (TPSA) is 86.3 Å². The van der Waals surface area contributed by atoms with E-state index in [0.29, 0.717) is 40.8 Å². The molecule has 1 heterocycles. The van der Waals surface area contributed by atoms with Crippen LogP contribution in [-0.2, 0) is 4.79 Å². The van der Waals surface area contributed by atoms with E-state index in [2.05, 4.69) is 5.32 Å². The summed E-state index contributed by atoms with van der Waals surface area (Å²) in [6.45, 7) is 0.600.